The molecule has 8 nitrogen and oxygen atoms in total. The van der Waals surface area contributed by atoms with E-state index in [0.29, 0.717) is 18.3 Å². The summed E-state index contributed by atoms with van der Waals surface area (Å²) in [4.78, 5) is 32.7. The van der Waals surface area contributed by atoms with Crippen LogP contribution in [0.2, 0.25) is 0 Å². The minimum Gasteiger partial charge on any atom is -0.392 e. The molecule has 0 atom stereocenters. The first-order valence-electron chi connectivity index (χ1n) is 8.61. The summed E-state index contributed by atoms with van der Waals surface area (Å²) < 4.78 is 5.06. The Balaban J connectivity index is 1.44. The van der Waals surface area contributed by atoms with E-state index in [1.807, 2.05) is 30.3 Å². The number of benzene rings is 1. The number of H-pyrrole nitrogens is 2. The number of nitrogens with zero attached hydrogens (tertiary/aromatic N) is 3. The van der Waals surface area contributed by atoms with Crippen LogP contribution in [0.1, 0.15) is 30.3 Å². The molecule has 0 bridgehead atoms. The number of hydrogen-bond donors (Lipinski definition) is 2. The highest BCUT2D eigenvalue weighted by atomic mass is 16.4. The number of likely N-dealkylation sites (tertiary alicyclic amines) is 1. The van der Waals surface area contributed by atoms with Crippen molar-refractivity contribution in [2.45, 2.75) is 25.3 Å². The van der Waals surface area contributed by atoms with Gasteiger partial charge in [0.1, 0.15) is 5.82 Å². The molecule has 1 fully saturated rings. The monoisotopic (exact) mass is 353 g/mol. The van der Waals surface area contributed by atoms with E-state index < -0.39 is 5.76 Å². The molecule has 1 aromatic carbocycles. The minimum atomic E-state index is -0.511. The van der Waals surface area contributed by atoms with Crippen molar-refractivity contribution >= 4 is 0 Å². The first kappa shape index (κ1) is 16.5. The van der Waals surface area contributed by atoms with E-state index in [0.717, 1.165) is 37.2 Å². The first-order chi connectivity index (χ1) is 12.7. The Hall–Kier alpha value is -3.00. The second kappa shape index (κ2) is 7.09. The molecule has 2 aromatic heterocycles. The zero-order valence-corrected chi connectivity index (χ0v) is 14.1. The van der Waals surface area contributed by atoms with Crippen LogP contribution in [0.4, 0.5) is 0 Å². The average Bonchev–Trinajstić information content (AvgIpc) is 3.09. The Bertz CT molecular complexity index is 984. The molecule has 1 aliphatic heterocycles. The van der Waals surface area contributed by atoms with Crippen molar-refractivity contribution in [3.8, 4) is 11.4 Å². The molecule has 134 valence electrons. The van der Waals surface area contributed by atoms with Gasteiger partial charge in [0, 0.05) is 24.1 Å². The van der Waals surface area contributed by atoms with Crippen LogP contribution in [-0.4, -0.2) is 38.2 Å². The number of piperidine rings is 1. The summed E-state index contributed by atoms with van der Waals surface area (Å²) in [6, 6.07) is 11.2. The fourth-order valence-corrected chi connectivity index (χ4v) is 3.30. The van der Waals surface area contributed by atoms with E-state index in [4.69, 9.17) is 4.42 Å². The van der Waals surface area contributed by atoms with Gasteiger partial charge < -0.3 is 9.40 Å². The zero-order chi connectivity index (χ0) is 17.9. The summed E-state index contributed by atoms with van der Waals surface area (Å²) in [5.74, 6) is 0.706. The molecule has 1 saturated heterocycles. The molecule has 0 radical (unpaired) electrons. The van der Waals surface area contributed by atoms with E-state index >= 15 is 0 Å². The van der Waals surface area contributed by atoms with Gasteiger partial charge in [0.15, 0.2) is 0 Å². The zero-order valence-electron chi connectivity index (χ0n) is 14.1. The Morgan fingerprint density at radius 2 is 1.92 bits per heavy atom. The molecule has 3 heterocycles. The smallest absolute Gasteiger partial charge is 0.392 e. The minimum absolute atomic E-state index is 0.150. The highest BCUT2D eigenvalue weighted by molar-refractivity contribution is 5.54. The van der Waals surface area contributed by atoms with Crippen LogP contribution in [0.25, 0.3) is 11.4 Å². The predicted octanol–water partition coefficient (Wildman–Crippen LogP) is 1.49. The lowest BCUT2D eigenvalue weighted by Crippen LogP contribution is -2.33. The Kier molecular flexibility index (Phi) is 4.49. The summed E-state index contributed by atoms with van der Waals surface area (Å²) >= 11 is 0. The molecular formula is C18H19N5O3. The van der Waals surface area contributed by atoms with Gasteiger partial charge in [-0.3, -0.25) is 9.69 Å². The van der Waals surface area contributed by atoms with Crippen molar-refractivity contribution in [3.05, 3.63) is 68.9 Å². The Morgan fingerprint density at radius 1 is 1.15 bits per heavy atom. The molecule has 26 heavy (non-hydrogen) atoms. The van der Waals surface area contributed by atoms with Crippen LogP contribution in [0, 0.1) is 0 Å². The van der Waals surface area contributed by atoms with Crippen molar-refractivity contribution in [1.29, 1.82) is 0 Å². The van der Waals surface area contributed by atoms with E-state index in [9.17, 15) is 9.59 Å². The van der Waals surface area contributed by atoms with Crippen molar-refractivity contribution in [2.75, 3.05) is 13.1 Å². The summed E-state index contributed by atoms with van der Waals surface area (Å²) in [6.07, 6.45) is 1.70. The van der Waals surface area contributed by atoms with E-state index in [1.165, 1.54) is 0 Å². The van der Waals surface area contributed by atoms with Crippen LogP contribution < -0.4 is 11.3 Å². The van der Waals surface area contributed by atoms with Gasteiger partial charge >= 0.3 is 5.76 Å². The third kappa shape index (κ3) is 3.65. The highest BCUT2D eigenvalue weighted by Crippen LogP contribution is 2.26. The van der Waals surface area contributed by atoms with Crippen molar-refractivity contribution < 1.29 is 4.42 Å². The van der Waals surface area contributed by atoms with Gasteiger partial charge in [0.2, 0.25) is 5.89 Å². The molecule has 0 spiro atoms. The van der Waals surface area contributed by atoms with E-state index in [1.54, 1.807) is 6.07 Å². The first-order valence-corrected chi connectivity index (χ1v) is 8.61. The second-order valence-corrected chi connectivity index (χ2v) is 6.45. The molecule has 0 amide bonds. The van der Waals surface area contributed by atoms with Gasteiger partial charge in [-0.1, -0.05) is 30.3 Å². The van der Waals surface area contributed by atoms with Crippen molar-refractivity contribution in [2.24, 2.45) is 0 Å². The lowest BCUT2D eigenvalue weighted by atomic mass is 9.97. The summed E-state index contributed by atoms with van der Waals surface area (Å²) in [7, 11) is 0. The van der Waals surface area contributed by atoms with Crippen LogP contribution >= 0.6 is 0 Å². The van der Waals surface area contributed by atoms with E-state index in [-0.39, 0.29) is 11.5 Å². The molecule has 0 aliphatic carbocycles. The van der Waals surface area contributed by atoms with Gasteiger partial charge in [-0.05, 0) is 25.9 Å². The van der Waals surface area contributed by atoms with Gasteiger partial charge in [-0.15, -0.1) is 5.10 Å². The molecule has 2 N–H and O–H groups in total. The van der Waals surface area contributed by atoms with Gasteiger partial charge in [-0.2, -0.15) is 0 Å². The standard InChI is InChI=1S/C18H19N5O3/c24-15-10-14(19-16(20-15)12-4-2-1-3-5-12)11-23-8-6-13(7-9-23)17-21-22-18(25)26-17/h1-5,10,13H,6-9,11H2,(H,22,25)(H,19,20,24). The second-order valence-electron chi connectivity index (χ2n) is 6.45. The maximum atomic E-state index is 12.0. The molecule has 0 saturated carbocycles. The Labute approximate surface area is 148 Å². The number of aromatic amines is 2. The normalized spacial score (nSPS) is 16.0. The topological polar surface area (TPSA) is 108 Å². The Morgan fingerprint density at radius 3 is 2.62 bits per heavy atom. The van der Waals surface area contributed by atoms with Crippen molar-refractivity contribution in [1.82, 2.24) is 25.1 Å². The number of aromatic nitrogens is 4. The molecule has 1 aliphatic rings. The van der Waals surface area contributed by atoms with Crippen LogP contribution in [0.3, 0.4) is 0 Å². The third-order valence-electron chi connectivity index (χ3n) is 4.62. The molecule has 4 rings (SSSR count). The lowest BCUT2D eigenvalue weighted by Gasteiger charge is -2.29. The largest absolute Gasteiger partial charge is 0.434 e. The lowest BCUT2D eigenvalue weighted by molar-refractivity contribution is 0.190. The number of rotatable bonds is 4. The molecule has 0 unspecified atom stereocenters. The van der Waals surface area contributed by atoms with Crippen LogP contribution in [0.15, 0.2) is 50.4 Å². The van der Waals surface area contributed by atoms with Crippen LogP contribution in [0.5, 0.6) is 0 Å². The van der Waals surface area contributed by atoms with Gasteiger partial charge in [0.25, 0.3) is 5.56 Å². The maximum Gasteiger partial charge on any atom is 0.434 e. The average molecular weight is 353 g/mol. The van der Waals surface area contributed by atoms with Gasteiger partial charge in [0.05, 0.1) is 5.69 Å². The molecule has 8 heteroatoms. The SMILES string of the molecule is O=c1cc(CN2CCC(c3n[nH]c(=O)o3)CC2)nc(-c2ccccc2)[nH]1. The number of hydrogen-bond acceptors (Lipinski definition) is 6. The fraction of sp³-hybridized carbons (Fsp3) is 0.333. The number of nitrogens with one attached hydrogen (secondary N) is 2. The fourth-order valence-electron chi connectivity index (χ4n) is 3.30. The van der Waals surface area contributed by atoms with Gasteiger partial charge in [-0.25, -0.2) is 14.9 Å². The maximum absolute atomic E-state index is 12.0. The third-order valence-corrected chi connectivity index (χ3v) is 4.62. The molecule has 3 aromatic rings. The van der Waals surface area contributed by atoms with Crippen LogP contribution in [-0.2, 0) is 6.54 Å². The quantitative estimate of drug-likeness (QED) is 0.736. The van der Waals surface area contributed by atoms with Crippen molar-refractivity contribution in [3.63, 3.8) is 0 Å². The van der Waals surface area contributed by atoms with E-state index in [2.05, 4.69) is 25.1 Å². The molecular weight excluding hydrogens is 334 g/mol. The summed E-state index contributed by atoms with van der Waals surface area (Å²) in [5.41, 5.74) is 1.48. The highest BCUT2D eigenvalue weighted by Gasteiger charge is 2.24. The predicted molar refractivity (Wildman–Crippen MR) is 94.7 cm³/mol. The summed E-state index contributed by atoms with van der Waals surface area (Å²) in [6.45, 7) is 2.27. The summed E-state index contributed by atoms with van der Waals surface area (Å²) in [5, 5.41) is 6.24.